The fourth-order valence-electron chi connectivity index (χ4n) is 1.99. The number of thiazole rings is 1. The van der Waals surface area contributed by atoms with Gasteiger partial charge >= 0.3 is 6.36 Å². The van der Waals surface area contributed by atoms with Crippen molar-refractivity contribution in [3.63, 3.8) is 0 Å². The highest BCUT2D eigenvalue weighted by molar-refractivity contribution is 7.15. The lowest BCUT2D eigenvalue weighted by Gasteiger charge is -2.12. The molecule has 8 heteroatoms. The number of nitrogens with zero attached hydrogens (tertiary/aromatic N) is 2. The van der Waals surface area contributed by atoms with Crippen molar-refractivity contribution in [2.45, 2.75) is 6.36 Å². The van der Waals surface area contributed by atoms with Crippen molar-refractivity contribution in [3.05, 3.63) is 41.5 Å². The van der Waals surface area contributed by atoms with Gasteiger partial charge in [0, 0.05) is 17.1 Å². The van der Waals surface area contributed by atoms with Crippen molar-refractivity contribution in [2.24, 2.45) is 0 Å². The molecule has 3 aromatic rings. The van der Waals surface area contributed by atoms with Gasteiger partial charge in [0.1, 0.15) is 17.1 Å². The minimum absolute atomic E-state index is 0.118. The topological polar surface area (TPSA) is 43.6 Å². The summed E-state index contributed by atoms with van der Waals surface area (Å²) in [4.78, 5) is 16.0. The largest absolute Gasteiger partial charge is 0.573 e. The maximum Gasteiger partial charge on any atom is 0.573 e. The Bertz CT molecular complexity index is 807. The van der Waals surface area contributed by atoms with Gasteiger partial charge in [-0.2, -0.15) is 0 Å². The van der Waals surface area contributed by atoms with E-state index in [-0.39, 0.29) is 22.7 Å². The Labute approximate surface area is 120 Å². The fraction of sp³-hybridized carbons (Fsp3) is 0.0769. The minimum atomic E-state index is -4.81. The summed E-state index contributed by atoms with van der Waals surface area (Å²) in [6, 6.07) is 5.59. The number of aromatic nitrogens is 2. The molecule has 21 heavy (non-hydrogen) atoms. The van der Waals surface area contributed by atoms with Gasteiger partial charge < -0.3 is 4.74 Å². The average molecular weight is 312 g/mol. The van der Waals surface area contributed by atoms with Crippen LogP contribution in [0.5, 0.6) is 5.75 Å². The standard InChI is InChI=1S/C13H7F3N2O2S/c14-13(15,16)20-10-4-2-1-3-8(10)11-9(7-19)18-5-6-21-12(18)17-11/h1-7H. The molecule has 0 aliphatic rings. The predicted octanol–water partition coefficient (Wildman–Crippen LogP) is 3.77. The molecule has 4 nitrogen and oxygen atoms in total. The minimum Gasteiger partial charge on any atom is -0.405 e. The van der Waals surface area contributed by atoms with E-state index in [0.29, 0.717) is 11.2 Å². The van der Waals surface area contributed by atoms with Crippen LogP contribution in [0.15, 0.2) is 35.8 Å². The molecule has 0 fully saturated rings. The van der Waals surface area contributed by atoms with Crippen LogP contribution in [0.1, 0.15) is 10.5 Å². The zero-order valence-electron chi connectivity index (χ0n) is 10.3. The third kappa shape index (κ3) is 2.49. The smallest absolute Gasteiger partial charge is 0.405 e. The quantitative estimate of drug-likeness (QED) is 0.691. The molecule has 0 aliphatic heterocycles. The molecule has 0 unspecified atom stereocenters. The van der Waals surface area contributed by atoms with Crippen LogP contribution in [0.25, 0.3) is 16.2 Å². The van der Waals surface area contributed by atoms with Crippen molar-refractivity contribution in [3.8, 4) is 17.0 Å². The molecule has 2 heterocycles. The Balaban J connectivity index is 2.18. The van der Waals surface area contributed by atoms with Gasteiger partial charge in [0.05, 0.1) is 0 Å². The second kappa shape index (κ2) is 4.88. The van der Waals surface area contributed by atoms with Gasteiger partial charge in [0.15, 0.2) is 11.2 Å². The zero-order chi connectivity index (χ0) is 15.0. The van der Waals surface area contributed by atoms with Gasteiger partial charge in [0.25, 0.3) is 0 Å². The van der Waals surface area contributed by atoms with Crippen LogP contribution in [0, 0.1) is 0 Å². The van der Waals surface area contributed by atoms with Crippen molar-refractivity contribution < 1.29 is 22.7 Å². The molecule has 1 aromatic carbocycles. The number of rotatable bonds is 3. The molecule has 0 saturated heterocycles. The van der Waals surface area contributed by atoms with E-state index >= 15 is 0 Å². The van der Waals surface area contributed by atoms with E-state index < -0.39 is 6.36 Å². The maximum atomic E-state index is 12.4. The maximum absolute atomic E-state index is 12.4. The number of fused-ring (bicyclic) bond motifs is 1. The molecule has 0 bridgehead atoms. The molecule has 3 rings (SSSR count). The first-order valence-electron chi connectivity index (χ1n) is 5.75. The highest BCUT2D eigenvalue weighted by Gasteiger charge is 2.32. The van der Waals surface area contributed by atoms with E-state index in [0.717, 1.165) is 0 Å². The second-order valence-electron chi connectivity index (χ2n) is 4.06. The van der Waals surface area contributed by atoms with E-state index in [9.17, 15) is 18.0 Å². The molecule has 2 aromatic heterocycles. The van der Waals surface area contributed by atoms with E-state index in [1.54, 1.807) is 17.6 Å². The molecular formula is C13H7F3N2O2S. The summed E-state index contributed by atoms with van der Waals surface area (Å²) in [5.74, 6) is -0.390. The first-order chi connectivity index (χ1) is 9.99. The first kappa shape index (κ1) is 13.6. The summed E-state index contributed by atoms with van der Waals surface area (Å²) >= 11 is 1.28. The Morgan fingerprint density at radius 2 is 2.05 bits per heavy atom. The number of ether oxygens (including phenoxy) is 1. The molecular weight excluding hydrogens is 305 g/mol. The second-order valence-corrected chi connectivity index (χ2v) is 4.94. The van der Waals surface area contributed by atoms with Crippen molar-refractivity contribution in [1.82, 2.24) is 9.38 Å². The van der Waals surface area contributed by atoms with Crippen molar-refractivity contribution >= 4 is 22.6 Å². The van der Waals surface area contributed by atoms with Gasteiger partial charge in [-0.3, -0.25) is 9.20 Å². The molecule has 0 aliphatic carbocycles. The number of halogens is 3. The highest BCUT2D eigenvalue weighted by atomic mass is 32.1. The summed E-state index contributed by atoms with van der Waals surface area (Å²) in [6.45, 7) is 0. The number of alkyl halides is 3. The van der Waals surface area contributed by atoms with E-state index in [1.807, 2.05) is 0 Å². The van der Waals surface area contributed by atoms with Gasteiger partial charge in [-0.05, 0) is 12.1 Å². The number of imidazole rings is 1. The summed E-state index contributed by atoms with van der Waals surface area (Å²) in [6.07, 6.45) is -2.62. The third-order valence-corrected chi connectivity index (χ3v) is 3.54. The molecule has 108 valence electrons. The lowest BCUT2D eigenvalue weighted by Crippen LogP contribution is -2.17. The lowest BCUT2D eigenvalue weighted by atomic mass is 10.1. The molecule has 0 radical (unpaired) electrons. The Morgan fingerprint density at radius 3 is 2.76 bits per heavy atom. The number of carbonyl (C=O) groups is 1. The highest BCUT2D eigenvalue weighted by Crippen LogP contribution is 2.35. The predicted molar refractivity (Wildman–Crippen MR) is 70.6 cm³/mol. The average Bonchev–Trinajstić information content (AvgIpc) is 2.97. The van der Waals surface area contributed by atoms with Crippen LogP contribution in [0.4, 0.5) is 13.2 Å². The number of para-hydroxylation sites is 1. The number of hydrogen-bond donors (Lipinski definition) is 0. The van der Waals surface area contributed by atoms with Gasteiger partial charge in [-0.1, -0.05) is 12.1 Å². The molecule has 0 atom stereocenters. The Hall–Kier alpha value is -2.35. The SMILES string of the molecule is O=Cc1c(-c2ccccc2OC(F)(F)F)nc2sccn12. The summed E-state index contributed by atoms with van der Waals surface area (Å²) in [7, 11) is 0. The van der Waals surface area contributed by atoms with Crippen LogP contribution >= 0.6 is 11.3 Å². The van der Waals surface area contributed by atoms with E-state index in [4.69, 9.17) is 0 Å². The molecule has 0 N–H and O–H groups in total. The number of benzene rings is 1. The van der Waals surface area contributed by atoms with Gasteiger partial charge in [0.2, 0.25) is 0 Å². The fourth-order valence-corrected chi connectivity index (χ4v) is 2.71. The third-order valence-electron chi connectivity index (χ3n) is 2.78. The summed E-state index contributed by atoms with van der Waals surface area (Å²) < 4.78 is 42.9. The van der Waals surface area contributed by atoms with E-state index in [2.05, 4.69) is 9.72 Å². The molecule has 0 spiro atoms. The Morgan fingerprint density at radius 1 is 1.29 bits per heavy atom. The van der Waals surface area contributed by atoms with Crippen molar-refractivity contribution in [2.75, 3.05) is 0 Å². The molecule has 0 saturated carbocycles. The van der Waals surface area contributed by atoms with Crippen LogP contribution in [-0.4, -0.2) is 22.0 Å². The van der Waals surface area contributed by atoms with E-state index in [1.165, 1.54) is 33.9 Å². The zero-order valence-corrected chi connectivity index (χ0v) is 11.1. The van der Waals surface area contributed by atoms with Crippen LogP contribution < -0.4 is 4.74 Å². The van der Waals surface area contributed by atoms with Crippen molar-refractivity contribution in [1.29, 1.82) is 0 Å². The number of aldehydes is 1. The Kier molecular flexibility index (Phi) is 3.17. The molecule has 0 amide bonds. The monoisotopic (exact) mass is 312 g/mol. The summed E-state index contributed by atoms with van der Waals surface area (Å²) in [5.41, 5.74) is 0.467. The van der Waals surface area contributed by atoms with Gasteiger partial charge in [-0.15, -0.1) is 24.5 Å². The van der Waals surface area contributed by atoms with Crippen LogP contribution in [-0.2, 0) is 0 Å². The normalized spacial score (nSPS) is 11.8. The van der Waals surface area contributed by atoms with Crippen LogP contribution in [0.3, 0.4) is 0 Å². The van der Waals surface area contributed by atoms with Gasteiger partial charge in [-0.25, -0.2) is 4.98 Å². The van der Waals surface area contributed by atoms with Crippen LogP contribution in [0.2, 0.25) is 0 Å². The lowest BCUT2D eigenvalue weighted by molar-refractivity contribution is -0.274. The number of carbonyl (C=O) groups excluding carboxylic acids is 1. The number of hydrogen-bond acceptors (Lipinski definition) is 4. The first-order valence-corrected chi connectivity index (χ1v) is 6.63. The summed E-state index contributed by atoms with van der Waals surface area (Å²) in [5, 5.41) is 1.73.